The number of nitrogens with zero attached hydrogens (tertiary/aromatic N) is 3. The van der Waals surface area contributed by atoms with Crippen LogP contribution >= 0.6 is 11.6 Å². The number of ether oxygens (including phenoxy) is 1. The fourth-order valence-electron chi connectivity index (χ4n) is 5.38. The third-order valence-corrected chi connectivity index (χ3v) is 7.54. The summed E-state index contributed by atoms with van der Waals surface area (Å²) < 4.78 is 7.68. The van der Waals surface area contributed by atoms with Crippen LogP contribution in [-0.4, -0.2) is 46.0 Å². The normalized spacial score (nSPS) is 15.3. The average molecular weight is 485 g/mol. The molecule has 2 aromatic carbocycles. The van der Waals surface area contributed by atoms with Gasteiger partial charge in [0.15, 0.2) is 0 Å². The van der Waals surface area contributed by atoms with Crippen LogP contribution in [0, 0.1) is 0 Å². The quantitative estimate of drug-likeness (QED) is 0.296. The van der Waals surface area contributed by atoms with Crippen molar-refractivity contribution in [2.24, 2.45) is 0 Å². The fourth-order valence-corrected chi connectivity index (χ4v) is 5.54. The molecular formula is C29H29ClN4O. The van der Waals surface area contributed by atoms with E-state index in [1.54, 1.807) is 7.11 Å². The van der Waals surface area contributed by atoms with Gasteiger partial charge in [0, 0.05) is 46.3 Å². The molecule has 1 fully saturated rings. The van der Waals surface area contributed by atoms with E-state index in [4.69, 9.17) is 21.3 Å². The number of pyridine rings is 1. The lowest BCUT2D eigenvalue weighted by atomic mass is 9.95. The van der Waals surface area contributed by atoms with E-state index in [0.717, 1.165) is 72.3 Å². The summed E-state index contributed by atoms with van der Waals surface area (Å²) in [5.41, 5.74) is 5.68. The topological polar surface area (TPSA) is 45.6 Å². The zero-order chi connectivity index (χ0) is 23.8. The summed E-state index contributed by atoms with van der Waals surface area (Å²) in [7, 11) is 1.69. The average Bonchev–Trinajstić information content (AvgIpc) is 3.49. The number of piperidine rings is 1. The van der Waals surface area contributed by atoms with Crippen LogP contribution in [-0.2, 0) is 6.42 Å². The van der Waals surface area contributed by atoms with Crippen LogP contribution in [0.1, 0.15) is 30.1 Å². The van der Waals surface area contributed by atoms with E-state index in [2.05, 4.69) is 57.0 Å². The highest BCUT2D eigenvalue weighted by Gasteiger charge is 2.26. The molecule has 5 nitrogen and oxygen atoms in total. The van der Waals surface area contributed by atoms with E-state index in [-0.39, 0.29) is 0 Å². The maximum atomic E-state index is 6.39. The van der Waals surface area contributed by atoms with Crippen molar-refractivity contribution < 1.29 is 4.74 Å². The lowest BCUT2D eigenvalue weighted by molar-refractivity contribution is 0.211. The maximum absolute atomic E-state index is 6.39. The minimum Gasteiger partial charge on any atom is -0.497 e. The van der Waals surface area contributed by atoms with E-state index < -0.39 is 0 Å². The van der Waals surface area contributed by atoms with Crippen molar-refractivity contribution in [2.45, 2.75) is 25.2 Å². The molecule has 6 heteroatoms. The highest BCUT2D eigenvalue weighted by Crippen LogP contribution is 2.35. The molecule has 0 radical (unpaired) electrons. The number of aromatic amines is 1. The van der Waals surface area contributed by atoms with Crippen LogP contribution in [0.3, 0.4) is 0 Å². The van der Waals surface area contributed by atoms with Crippen molar-refractivity contribution in [1.29, 1.82) is 0 Å². The SMILES string of the molecule is COc1cccc(-c2nc(C3CCN(CCc4c[nH]c5ccccc45)CC3)n3ccc(Cl)cc23)c1. The molecular weight excluding hydrogens is 456 g/mol. The van der Waals surface area contributed by atoms with Gasteiger partial charge in [0.1, 0.15) is 11.6 Å². The molecule has 178 valence electrons. The Labute approximate surface area is 210 Å². The number of imidazole rings is 1. The van der Waals surface area contributed by atoms with Crippen LogP contribution in [0.15, 0.2) is 73.1 Å². The number of nitrogens with one attached hydrogen (secondary N) is 1. The maximum Gasteiger partial charge on any atom is 0.119 e. The summed E-state index contributed by atoms with van der Waals surface area (Å²) in [6.07, 6.45) is 7.51. The van der Waals surface area contributed by atoms with Crippen LogP contribution in [0.2, 0.25) is 5.02 Å². The van der Waals surface area contributed by atoms with Gasteiger partial charge in [-0.1, -0.05) is 41.9 Å². The minimum absolute atomic E-state index is 0.423. The summed E-state index contributed by atoms with van der Waals surface area (Å²) in [5.74, 6) is 2.38. The molecule has 0 atom stereocenters. The molecule has 1 aliphatic rings. The van der Waals surface area contributed by atoms with Gasteiger partial charge in [0.2, 0.25) is 0 Å². The Morgan fingerprint density at radius 3 is 2.77 bits per heavy atom. The second kappa shape index (κ2) is 9.40. The highest BCUT2D eigenvalue weighted by atomic mass is 35.5. The lowest BCUT2D eigenvalue weighted by Gasteiger charge is -2.31. The lowest BCUT2D eigenvalue weighted by Crippen LogP contribution is -2.34. The van der Waals surface area contributed by atoms with Crippen molar-refractivity contribution in [2.75, 3.05) is 26.7 Å². The van der Waals surface area contributed by atoms with Gasteiger partial charge in [-0.15, -0.1) is 0 Å². The smallest absolute Gasteiger partial charge is 0.119 e. The first-order chi connectivity index (χ1) is 17.2. The Bertz CT molecular complexity index is 1480. The first-order valence-corrected chi connectivity index (χ1v) is 12.7. The van der Waals surface area contributed by atoms with E-state index >= 15 is 0 Å². The number of halogens is 1. The molecule has 6 rings (SSSR count). The first kappa shape index (κ1) is 22.2. The van der Waals surface area contributed by atoms with Gasteiger partial charge in [0.05, 0.1) is 18.3 Å². The molecule has 0 bridgehead atoms. The number of rotatable bonds is 6. The molecule has 35 heavy (non-hydrogen) atoms. The zero-order valence-electron chi connectivity index (χ0n) is 19.9. The number of fused-ring (bicyclic) bond motifs is 2. The molecule has 3 aromatic heterocycles. The number of benzene rings is 2. The van der Waals surface area contributed by atoms with Crippen molar-refractivity contribution in [1.82, 2.24) is 19.3 Å². The van der Waals surface area contributed by atoms with Crippen LogP contribution < -0.4 is 4.74 Å². The van der Waals surface area contributed by atoms with Gasteiger partial charge in [-0.2, -0.15) is 0 Å². The highest BCUT2D eigenvalue weighted by molar-refractivity contribution is 6.31. The largest absolute Gasteiger partial charge is 0.497 e. The number of para-hydroxylation sites is 1. The molecule has 0 unspecified atom stereocenters. The summed E-state index contributed by atoms with van der Waals surface area (Å²) in [4.78, 5) is 11.2. The Morgan fingerprint density at radius 2 is 1.91 bits per heavy atom. The predicted molar refractivity (Wildman–Crippen MR) is 143 cm³/mol. The van der Waals surface area contributed by atoms with Crippen molar-refractivity contribution in [3.63, 3.8) is 0 Å². The molecule has 1 N–H and O–H groups in total. The number of methoxy groups -OCH3 is 1. The summed E-state index contributed by atoms with van der Waals surface area (Å²) in [6.45, 7) is 3.26. The Balaban J connectivity index is 1.20. The molecule has 0 amide bonds. The van der Waals surface area contributed by atoms with Crippen molar-refractivity contribution in [3.8, 4) is 17.0 Å². The number of hydrogen-bond acceptors (Lipinski definition) is 3. The molecule has 5 aromatic rings. The number of H-pyrrole nitrogens is 1. The molecule has 0 aliphatic carbocycles. The summed E-state index contributed by atoms with van der Waals surface area (Å²) >= 11 is 6.39. The third-order valence-electron chi connectivity index (χ3n) is 7.30. The van der Waals surface area contributed by atoms with Crippen LogP contribution in [0.4, 0.5) is 0 Å². The molecule has 0 saturated carbocycles. The Morgan fingerprint density at radius 1 is 1.06 bits per heavy atom. The summed E-state index contributed by atoms with van der Waals surface area (Å²) in [5, 5.41) is 2.06. The molecule has 1 aliphatic heterocycles. The van der Waals surface area contributed by atoms with E-state index in [1.807, 2.05) is 30.3 Å². The van der Waals surface area contributed by atoms with E-state index in [9.17, 15) is 0 Å². The minimum atomic E-state index is 0.423. The second-order valence-electron chi connectivity index (χ2n) is 9.38. The zero-order valence-corrected chi connectivity index (χ0v) is 20.6. The van der Waals surface area contributed by atoms with Gasteiger partial charge < -0.3 is 19.0 Å². The standard InChI is InChI=1S/C29H29ClN4O/c1-35-24-6-4-5-21(17-24)28-27-18-23(30)12-16-34(27)29(32-28)20-9-13-33(14-10-20)15-11-22-19-31-26-8-3-2-7-25(22)26/h2-8,12,16-20,31H,9-11,13-15H2,1H3. The van der Waals surface area contributed by atoms with Crippen LogP contribution in [0.5, 0.6) is 5.75 Å². The monoisotopic (exact) mass is 484 g/mol. The third kappa shape index (κ3) is 4.30. The number of hydrogen-bond donors (Lipinski definition) is 1. The molecule has 1 saturated heterocycles. The van der Waals surface area contributed by atoms with E-state index in [0.29, 0.717) is 5.92 Å². The number of likely N-dealkylation sites (tertiary alicyclic amines) is 1. The fraction of sp³-hybridized carbons (Fsp3) is 0.276. The van der Waals surface area contributed by atoms with Crippen molar-refractivity contribution in [3.05, 3.63) is 89.5 Å². The second-order valence-corrected chi connectivity index (χ2v) is 9.81. The van der Waals surface area contributed by atoms with E-state index in [1.165, 1.54) is 16.5 Å². The van der Waals surface area contributed by atoms with Crippen molar-refractivity contribution >= 4 is 28.0 Å². The molecule has 0 spiro atoms. The van der Waals surface area contributed by atoms with Crippen LogP contribution in [0.25, 0.3) is 27.7 Å². The Hall–Kier alpha value is -3.28. The molecule has 4 heterocycles. The number of aromatic nitrogens is 3. The Kier molecular flexibility index (Phi) is 5.96. The van der Waals surface area contributed by atoms with Gasteiger partial charge >= 0.3 is 0 Å². The summed E-state index contributed by atoms with van der Waals surface area (Å²) in [6, 6.07) is 20.6. The predicted octanol–water partition coefficient (Wildman–Crippen LogP) is 6.57. The van der Waals surface area contributed by atoms with Gasteiger partial charge in [0.25, 0.3) is 0 Å². The van der Waals surface area contributed by atoms with Gasteiger partial charge in [-0.25, -0.2) is 4.98 Å². The van der Waals surface area contributed by atoms with Gasteiger partial charge in [-0.3, -0.25) is 0 Å². The van der Waals surface area contributed by atoms with Gasteiger partial charge in [-0.05, 0) is 68.2 Å². The first-order valence-electron chi connectivity index (χ1n) is 12.3.